The van der Waals surface area contributed by atoms with Crippen LogP contribution in [0.1, 0.15) is 25.3 Å². The Morgan fingerprint density at radius 1 is 1.26 bits per heavy atom. The predicted molar refractivity (Wildman–Crippen MR) is 87.7 cm³/mol. The molecule has 1 saturated heterocycles. The second-order valence-electron chi connectivity index (χ2n) is 5.79. The second kappa shape index (κ2) is 6.88. The van der Waals surface area contributed by atoms with Gasteiger partial charge in [-0.25, -0.2) is 16.8 Å². The highest BCUT2D eigenvalue weighted by atomic mass is 32.2. The second-order valence-corrected chi connectivity index (χ2v) is 9.71. The molecule has 1 atom stereocenters. The highest BCUT2D eigenvalue weighted by Crippen LogP contribution is 2.25. The molecule has 1 aliphatic heterocycles. The number of likely N-dealkylation sites (N-methyl/N-ethyl adjacent to an activating group) is 1. The van der Waals surface area contributed by atoms with E-state index in [9.17, 15) is 16.8 Å². The van der Waals surface area contributed by atoms with Crippen molar-refractivity contribution in [3.63, 3.8) is 0 Å². The zero-order valence-electron chi connectivity index (χ0n) is 13.6. The zero-order chi connectivity index (χ0) is 17.3. The van der Waals surface area contributed by atoms with E-state index in [-0.39, 0.29) is 15.9 Å². The molecule has 0 bridgehead atoms. The molecule has 1 aliphatic rings. The number of nitrogens with zero attached hydrogens (tertiary/aromatic N) is 1. The van der Waals surface area contributed by atoms with Crippen LogP contribution in [0.2, 0.25) is 0 Å². The summed E-state index contributed by atoms with van der Waals surface area (Å²) < 4.78 is 56.2. The van der Waals surface area contributed by atoms with E-state index in [1.54, 1.807) is 13.8 Å². The van der Waals surface area contributed by atoms with Gasteiger partial charge in [-0.2, -0.15) is 4.31 Å². The Morgan fingerprint density at radius 3 is 2.48 bits per heavy atom. The van der Waals surface area contributed by atoms with Gasteiger partial charge < -0.3 is 4.74 Å². The molecule has 1 fully saturated rings. The molecule has 0 aliphatic carbocycles. The molecule has 23 heavy (non-hydrogen) atoms. The highest BCUT2D eigenvalue weighted by Gasteiger charge is 2.29. The van der Waals surface area contributed by atoms with Gasteiger partial charge in [-0.1, -0.05) is 13.0 Å². The van der Waals surface area contributed by atoms with Crippen LogP contribution >= 0.6 is 0 Å². The Hall–Kier alpha value is -0.960. The van der Waals surface area contributed by atoms with Crippen molar-refractivity contribution in [3.05, 3.63) is 23.8 Å². The van der Waals surface area contributed by atoms with Gasteiger partial charge in [-0.05, 0) is 37.5 Å². The summed E-state index contributed by atoms with van der Waals surface area (Å²) in [6.45, 7) is 4.69. The average Bonchev–Trinajstić information content (AvgIpc) is 2.96. The van der Waals surface area contributed by atoms with Gasteiger partial charge in [0.25, 0.3) is 0 Å². The van der Waals surface area contributed by atoms with Crippen molar-refractivity contribution in [3.8, 4) is 0 Å². The Balaban J connectivity index is 2.40. The van der Waals surface area contributed by atoms with Crippen molar-refractivity contribution in [2.45, 2.75) is 42.6 Å². The van der Waals surface area contributed by atoms with E-state index in [0.29, 0.717) is 25.3 Å². The lowest BCUT2D eigenvalue weighted by Crippen LogP contribution is -2.37. The molecule has 0 radical (unpaired) electrons. The number of ether oxygens (including phenoxy) is 1. The lowest BCUT2D eigenvalue weighted by molar-refractivity contribution is 0.0946. The van der Waals surface area contributed by atoms with Crippen LogP contribution in [0.4, 0.5) is 0 Å². The monoisotopic (exact) mass is 361 g/mol. The third-order valence-electron chi connectivity index (χ3n) is 3.99. The third kappa shape index (κ3) is 4.12. The smallest absolute Gasteiger partial charge is 0.243 e. The fourth-order valence-electron chi connectivity index (χ4n) is 2.64. The maximum Gasteiger partial charge on any atom is 0.243 e. The van der Waals surface area contributed by atoms with Gasteiger partial charge in [0, 0.05) is 26.0 Å². The summed E-state index contributed by atoms with van der Waals surface area (Å²) in [4.78, 5) is 0.0510. The first-order chi connectivity index (χ1) is 10.7. The van der Waals surface area contributed by atoms with Crippen LogP contribution in [0.5, 0.6) is 0 Å². The minimum atomic E-state index is -3.76. The van der Waals surface area contributed by atoms with E-state index in [1.165, 1.54) is 22.5 Å². The molecule has 1 aromatic rings. The average molecular weight is 361 g/mol. The maximum atomic E-state index is 12.9. The first-order valence-corrected chi connectivity index (χ1v) is 10.9. The summed E-state index contributed by atoms with van der Waals surface area (Å²) in [6.07, 6.45) is 2.75. The van der Waals surface area contributed by atoms with E-state index >= 15 is 0 Å². The summed E-state index contributed by atoms with van der Waals surface area (Å²) in [5.74, 6) is 0. The lowest BCUT2D eigenvalue weighted by atomic mass is 10.2. The molecule has 2 rings (SSSR count). The van der Waals surface area contributed by atoms with E-state index < -0.39 is 19.9 Å². The normalized spacial score (nSPS) is 19.4. The molecule has 6 nitrogen and oxygen atoms in total. The topological polar surface area (TPSA) is 80.8 Å². The molecule has 0 N–H and O–H groups in total. The summed E-state index contributed by atoms with van der Waals surface area (Å²) >= 11 is 0. The molecule has 1 heterocycles. The minimum Gasteiger partial charge on any atom is -0.377 e. The minimum absolute atomic E-state index is 0.00912. The largest absolute Gasteiger partial charge is 0.377 e. The van der Waals surface area contributed by atoms with E-state index in [4.69, 9.17) is 4.74 Å². The molecule has 1 aromatic carbocycles. The molecular formula is C15H23NO5S2. The Labute approximate surface area is 138 Å². The predicted octanol–water partition coefficient (Wildman–Crippen LogP) is 1.59. The number of rotatable bonds is 6. The van der Waals surface area contributed by atoms with Gasteiger partial charge in [-0.15, -0.1) is 0 Å². The molecular weight excluding hydrogens is 338 g/mol. The van der Waals surface area contributed by atoms with Gasteiger partial charge in [0.1, 0.15) is 0 Å². The van der Waals surface area contributed by atoms with Crippen molar-refractivity contribution in [1.82, 2.24) is 4.31 Å². The Morgan fingerprint density at radius 2 is 1.96 bits per heavy atom. The van der Waals surface area contributed by atoms with Crippen LogP contribution < -0.4 is 0 Å². The quantitative estimate of drug-likeness (QED) is 0.768. The van der Waals surface area contributed by atoms with Crippen LogP contribution in [0.15, 0.2) is 28.0 Å². The number of hydrogen-bond acceptors (Lipinski definition) is 5. The SMILES string of the molecule is CCN(CC1CCCO1)S(=O)(=O)c1cc(S(C)(=O)=O)ccc1C. The van der Waals surface area contributed by atoms with E-state index in [2.05, 4.69) is 0 Å². The van der Waals surface area contributed by atoms with Gasteiger partial charge in [-0.3, -0.25) is 0 Å². The van der Waals surface area contributed by atoms with Gasteiger partial charge in [0.2, 0.25) is 10.0 Å². The van der Waals surface area contributed by atoms with Crippen LogP contribution in [0.25, 0.3) is 0 Å². The molecule has 0 aromatic heterocycles. The van der Waals surface area contributed by atoms with Crippen molar-refractivity contribution in [1.29, 1.82) is 0 Å². The van der Waals surface area contributed by atoms with Crippen molar-refractivity contribution >= 4 is 19.9 Å². The molecule has 0 saturated carbocycles. The van der Waals surface area contributed by atoms with Gasteiger partial charge in [0.05, 0.1) is 15.9 Å². The Kier molecular flexibility index (Phi) is 5.50. The van der Waals surface area contributed by atoms with Gasteiger partial charge >= 0.3 is 0 Å². The van der Waals surface area contributed by atoms with Crippen LogP contribution in [-0.4, -0.2) is 53.2 Å². The summed E-state index contributed by atoms with van der Waals surface area (Å²) in [5.41, 5.74) is 0.531. The summed E-state index contributed by atoms with van der Waals surface area (Å²) in [5, 5.41) is 0. The number of benzene rings is 1. The summed E-state index contributed by atoms with van der Waals surface area (Å²) in [7, 11) is -7.23. The van der Waals surface area contributed by atoms with Crippen molar-refractivity contribution in [2.75, 3.05) is 26.0 Å². The maximum absolute atomic E-state index is 12.9. The van der Waals surface area contributed by atoms with Crippen molar-refractivity contribution < 1.29 is 21.6 Å². The lowest BCUT2D eigenvalue weighted by Gasteiger charge is -2.24. The first-order valence-electron chi connectivity index (χ1n) is 7.58. The van der Waals surface area contributed by atoms with Crippen LogP contribution in [0.3, 0.4) is 0 Å². The molecule has 0 spiro atoms. The fourth-order valence-corrected chi connectivity index (χ4v) is 5.09. The molecule has 130 valence electrons. The van der Waals surface area contributed by atoms with E-state index in [0.717, 1.165) is 19.1 Å². The standard InChI is InChI=1S/C15H23NO5S2/c1-4-16(11-13-6-5-9-21-13)23(19,20)15-10-14(22(3,17)18)8-7-12(15)2/h7-8,10,13H,4-6,9,11H2,1-3H3. The number of hydrogen-bond donors (Lipinski definition) is 0. The van der Waals surface area contributed by atoms with E-state index in [1.807, 2.05) is 0 Å². The van der Waals surface area contributed by atoms with Crippen LogP contribution in [-0.2, 0) is 24.6 Å². The molecule has 8 heteroatoms. The highest BCUT2D eigenvalue weighted by molar-refractivity contribution is 7.91. The summed E-state index contributed by atoms with van der Waals surface area (Å²) in [6, 6.07) is 4.21. The number of sulfonamides is 1. The molecule has 1 unspecified atom stereocenters. The third-order valence-corrected chi connectivity index (χ3v) is 7.18. The first kappa shape index (κ1) is 18.4. The Bertz CT molecular complexity index is 765. The fraction of sp³-hybridized carbons (Fsp3) is 0.600. The van der Waals surface area contributed by atoms with Crippen LogP contribution in [0, 0.1) is 6.92 Å². The zero-order valence-corrected chi connectivity index (χ0v) is 15.3. The number of sulfone groups is 1. The number of aryl methyl sites for hydroxylation is 1. The molecule has 0 amide bonds. The van der Waals surface area contributed by atoms with Crippen molar-refractivity contribution in [2.24, 2.45) is 0 Å². The van der Waals surface area contributed by atoms with Gasteiger partial charge in [0.15, 0.2) is 9.84 Å².